The van der Waals surface area contributed by atoms with Crippen molar-refractivity contribution in [1.82, 2.24) is 4.57 Å². The maximum Gasteiger partial charge on any atom is 0.344 e. The van der Waals surface area contributed by atoms with E-state index in [1.165, 1.54) is 11.3 Å². The lowest BCUT2D eigenvalue weighted by Crippen LogP contribution is -2.39. The Morgan fingerprint density at radius 3 is 2.43 bits per heavy atom. The number of rotatable bonds is 8. The van der Waals surface area contributed by atoms with Crippen LogP contribution in [-0.2, 0) is 9.53 Å². The van der Waals surface area contributed by atoms with Gasteiger partial charge in [-0.15, -0.1) is 0 Å². The summed E-state index contributed by atoms with van der Waals surface area (Å²) in [6.07, 6.45) is 1.74. The van der Waals surface area contributed by atoms with Crippen molar-refractivity contribution in [2.45, 2.75) is 26.8 Å². The summed E-state index contributed by atoms with van der Waals surface area (Å²) >= 11 is 3.32. The Hall–Kier alpha value is -4.03. The van der Waals surface area contributed by atoms with Gasteiger partial charge in [-0.05, 0) is 84.8 Å². The zero-order chi connectivity index (χ0) is 29.8. The molecule has 0 unspecified atom stereocenters. The molecule has 0 N–H and O–H groups in total. The Bertz CT molecular complexity index is 1880. The molecule has 0 radical (unpaired) electrons. The molecular formula is C32H27IN2O6S. The summed E-state index contributed by atoms with van der Waals surface area (Å²) in [7, 11) is 0. The highest BCUT2D eigenvalue weighted by molar-refractivity contribution is 14.1. The lowest BCUT2D eigenvalue weighted by molar-refractivity contribution is -0.139. The first-order valence-corrected chi connectivity index (χ1v) is 15.2. The molecule has 10 heteroatoms. The number of carbonyl (C=O) groups is 2. The van der Waals surface area contributed by atoms with E-state index in [4.69, 9.17) is 14.2 Å². The standard InChI is InChI=1S/C32H27IN2O6S/c1-4-39-25-17-20(15-16-24(25)41-30(37)22-13-9-10-14-23(22)33)18-26-29(36)35-28(21-11-7-6-8-12-21)27(31(38)40-5-2)19(3)34-32(35)42-26/h6-18,28H,4-5H2,1-3H3/b26-18-/t28-/m0/s1. The second kappa shape index (κ2) is 12.9. The SMILES string of the molecule is CCOC(=O)C1=C(C)N=c2s/c(=C\c3ccc(OC(=O)c4ccccc4I)c(OCC)c3)c(=O)n2[C@H]1c1ccccc1. The van der Waals surface area contributed by atoms with E-state index >= 15 is 0 Å². The van der Waals surface area contributed by atoms with Crippen molar-refractivity contribution in [3.8, 4) is 11.5 Å². The number of aromatic nitrogens is 1. The van der Waals surface area contributed by atoms with Crippen molar-refractivity contribution >= 4 is 51.9 Å². The van der Waals surface area contributed by atoms with Crippen LogP contribution in [0.3, 0.4) is 0 Å². The minimum Gasteiger partial charge on any atom is -0.490 e. The molecule has 0 saturated heterocycles. The molecule has 42 heavy (non-hydrogen) atoms. The summed E-state index contributed by atoms with van der Waals surface area (Å²) in [5.74, 6) is -0.339. The Morgan fingerprint density at radius 2 is 1.71 bits per heavy atom. The quantitative estimate of drug-likeness (QED) is 0.146. The van der Waals surface area contributed by atoms with Crippen molar-refractivity contribution in [2.24, 2.45) is 4.99 Å². The van der Waals surface area contributed by atoms with Crippen LogP contribution in [0.4, 0.5) is 0 Å². The van der Waals surface area contributed by atoms with E-state index in [0.717, 1.165) is 9.13 Å². The summed E-state index contributed by atoms with van der Waals surface area (Å²) in [5, 5.41) is 0. The lowest BCUT2D eigenvalue weighted by Gasteiger charge is -2.24. The number of carbonyl (C=O) groups excluding carboxylic acids is 2. The fourth-order valence-corrected chi connectivity index (χ4v) is 6.30. The number of thiazole rings is 1. The van der Waals surface area contributed by atoms with E-state index in [1.807, 2.05) is 49.4 Å². The number of benzene rings is 3. The minimum absolute atomic E-state index is 0.208. The van der Waals surface area contributed by atoms with Gasteiger partial charge < -0.3 is 14.2 Å². The summed E-state index contributed by atoms with van der Waals surface area (Å²) in [6, 6.07) is 21.0. The van der Waals surface area contributed by atoms with Gasteiger partial charge in [-0.3, -0.25) is 9.36 Å². The Balaban J connectivity index is 1.56. The van der Waals surface area contributed by atoms with Gasteiger partial charge in [0.25, 0.3) is 5.56 Å². The Labute approximate surface area is 259 Å². The molecule has 0 aliphatic carbocycles. The normalized spacial score (nSPS) is 14.7. The van der Waals surface area contributed by atoms with Crippen LogP contribution in [0.5, 0.6) is 11.5 Å². The fraction of sp³-hybridized carbons (Fsp3) is 0.188. The monoisotopic (exact) mass is 694 g/mol. The van der Waals surface area contributed by atoms with E-state index < -0.39 is 18.0 Å². The fourth-order valence-electron chi connectivity index (χ4n) is 4.64. The largest absolute Gasteiger partial charge is 0.490 e. The van der Waals surface area contributed by atoms with Gasteiger partial charge in [-0.25, -0.2) is 14.6 Å². The van der Waals surface area contributed by atoms with Gasteiger partial charge in [0, 0.05) is 3.57 Å². The van der Waals surface area contributed by atoms with Gasteiger partial charge in [0.2, 0.25) is 0 Å². The second-order valence-electron chi connectivity index (χ2n) is 9.22. The molecule has 0 saturated carbocycles. The predicted octanol–water partition coefficient (Wildman–Crippen LogP) is 5.02. The molecule has 4 aromatic rings. The summed E-state index contributed by atoms with van der Waals surface area (Å²) in [4.78, 5) is 44.8. The molecule has 0 bridgehead atoms. The topological polar surface area (TPSA) is 96.2 Å². The number of fused-ring (bicyclic) bond motifs is 1. The Morgan fingerprint density at radius 1 is 0.976 bits per heavy atom. The smallest absolute Gasteiger partial charge is 0.344 e. The molecule has 1 aliphatic heterocycles. The van der Waals surface area contributed by atoms with Crippen LogP contribution >= 0.6 is 33.9 Å². The summed E-state index contributed by atoms with van der Waals surface area (Å²) < 4.78 is 19.6. The molecule has 0 fully saturated rings. The molecule has 0 amide bonds. The molecule has 8 nitrogen and oxygen atoms in total. The van der Waals surface area contributed by atoms with Crippen molar-refractivity contribution in [2.75, 3.05) is 13.2 Å². The first kappa shape index (κ1) is 29.5. The summed E-state index contributed by atoms with van der Waals surface area (Å²) in [6.45, 7) is 5.89. The van der Waals surface area contributed by atoms with Crippen molar-refractivity contribution in [1.29, 1.82) is 0 Å². The van der Waals surface area contributed by atoms with Crippen molar-refractivity contribution < 1.29 is 23.8 Å². The third-order valence-corrected chi connectivity index (χ3v) is 8.42. The van der Waals surface area contributed by atoms with Crippen LogP contribution in [0.25, 0.3) is 6.08 Å². The van der Waals surface area contributed by atoms with Crippen LogP contribution < -0.4 is 24.4 Å². The molecule has 1 atom stereocenters. The number of esters is 2. The summed E-state index contributed by atoms with van der Waals surface area (Å²) in [5.41, 5.74) is 2.47. The van der Waals surface area contributed by atoms with E-state index in [-0.39, 0.29) is 17.9 Å². The highest BCUT2D eigenvalue weighted by Crippen LogP contribution is 2.32. The number of allylic oxidation sites excluding steroid dienone is 1. The number of ether oxygens (including phenoxy) is 3. The number of hydrogen-bond donors (Lipinski definition) is 0. The van der Waals surface area contributed by atoms with Gasteiger partial charge in [-0.1, -0.05) is 59.9 Å². The third kappa shape index (κ3) is 5.95. The number of nitrogens with zero attached hydrogens (tertiary/aromatic N) is 2. The van der Waals surface area contributed by atoms with Gasteiger partial charge in [-0.2, -0.15) is 0 Å². The minimum atomic E-state index is -0.676. The highest BCUT2D eigenvalue weighted by Gasteiger charge is 2.33. The average molecular weight is 695 g/mol. The third-order valence-electron chi connectivity index (χ3n) is 6.49. The molecule has 3 aromatic carbocycles. The van der Waals surface area contributed by atoms with Crippen molar-refractivity contribution in [3.63, 3.8) is 0 Å². The first-order chi connectivity index (χ1) is 20.3. The first-order valence-electron chi connectivity index (χ1n) is 13.3. The highest BCUT2D eigenvalue weighted by atomic mass is 127. The predicted molar refractivity (Wildman–Crippen MR) is 169 cm³/mol. The number of halogens is 1. The molecular weight excluding hydrogens is 667 g/mol. The zero-order valence-corrected chi connectivity index (χ0v) is 26.1. The van der Waals surface area contributed by atoms with Crippen molar-refractivity contribution in [3.05, 3.63) is 124 Å². The molecule has 1 aromatic heterocycles. The van der Waals surface area contributed by atoms with Crippen LogP contribution in [0.15, 0.2) is 93.9 Å². The average Bonchev–Trinajstić information content (AvgIpc) is 3.28. The molecule has 214 valence electrons. The van der Waals surface area contributed by atoms with E-state index in [2.05, 4.69) is 27.6 Å². The number of hydrogen-bond acceptors (Lipinski definition) is 8. The van der Waals surface area contributed by atoms with Crippen LogP contribution in [-0.4, -0.2) is 29.7 Å². The lowest BCUT2D eigenvalue weighted by atomic mass is 9.96. The van der Waals surface area contributed by atoms with E-state index in [1.54, 1.807) is 54.8 Å². The maximum atomic E-state index is 13.9. The molecule has 5 rings (SSSR count). The van der Waals surface area contributed by atoms with E-state index in [0.29, 0.717) is 44.1 Å². The van der Waals surface area contributed by atoms with Gasteiger partial charge in [0.05, 0.1) is 40.6 Å². The zero-order valence-electron chi connectivity index (χ0n) is 23.1. The van der Waals surface area contributed by atoms with Crippen LogP contribution in [0.2, 0.25) is 0 Å². The maximum absolute atomic E-state index is 13.9. The molecule has 1 aliphatic rings. The van der Waals surface area contributed by atoms with Gasteiger partial charge in [0.15, 0.2) is 16.3 Å². The van der Waals surface area contributed by atoms with Gasteiger partial charge >= 0.3 is 11.9 Å². The van der Waals surface area contributed by atoms with E-state index in [9.17, 15) is 14.4 Å². The van der Waals surface area contributed by atoms with Gasteiger partial charge in [0.1, 0.15) is 0 Å². The molecule has 2 heterocycles. The Kier molecular flexibility index (Phi) is 9.03. The molecule has 0 spiro atoms. The van der Waals surface area contributed by atoms with Crippen LogP contribution in [0.1, 0.15) is 48.3 Å². The second-order valence-corrected chi connectivity index (χ2v) is 11.4. The van der Waals surface area contributed by atoms with Crippen LogP contribution in [0, 0.1) is 3.57 Å².